The fraction of sp³-hybridized carbons (Fsp3) is 0.0800. The quantitative estimate of drug-likeness (QED) is 0.345. The minimum atomic E-state index is -0.587. The van der Waals surface area contributed by atoms with Gasteiger partial charge in [-0.1, -0.05) is 36.4 Å². The van der Waals surface area contributed by atoms with Gasteiger partial charge in [-0.05, 0) is 48.9 Å². The van der Waals surface area contributed by atoms with E-state index in [0.29, 0.717) is 33.5 Å². The molecule has 2 heterocycles. The maximum atomic E-state index is 12.9. The highest BCUT2D eigenvalue weighted by molar-refractivity contribution is 6.07. The lowest BCUT2D eigenvalue weighted by molar-refractivity contribution is -0.120. The van der Waals surface area contributed by atoms with Gasteiger partial charge in [0, 0.05) is 17.3 Å². The van der Waals surface area contributed by atoms with Gasteiger partial charge < -0.3 is 10.6 Å². The molecule has 4 aromatic rings. The number of amides is 4. The molecule has 170 valence electrons. The number of benzene rings is 2. The van der Waals surface area contributed by atoms with Crippen molar-refractivity contribution in [3.8, 4) is 11.4 Å². The van der Waals surface area contributed by atoms with Crippen LogP contribution in [-0.4, -0.2) is 34.4 Å². The highest BCUT2D eigenvalue weighted by Crippen LogP contribution is 2.23. The fourth-order valence-corrected chi connectivity index (χ4v) is 3.31. The Bertz CT molecular complexity index is 1360. The van der Waals surface area contributed by atoms with E-state index in [0.717, 1.165) is 5.56 Å². The normalized spacial score (nSPS) is 10.4. The van der Waals surface area contributed by atoms with E-state index in [-0.39, 0.29) is 6.54 Å². The monoisotopic (exact) mass is 454 g/mol. The molecular weight excluding hydrogens is 432 g/mol. The molecule has 4 rings (SSSR count). The third-order valence-electron chi connectivity index (χ3n) is 4.89. The summed E-state index contributed by atoms with van der Waals surface area (Å²) in [5, 5.41) is 5.71. The Morgan fingerprint density at radius 2 is 1.68 bits per heavy atom. The maximum Gasteiger partial charge on any atom is 0.319 e. The topological polar surface area (TPSA) is 125 Å². The van der Waals surface area contributed by atoms with Crippen molar-refractivity contribution >= 4 is 34.4 Å². The van der Waals surface area contributed by atoms with E-state index in [4.69, 9.17) is 0 Å². The molecule has 0 saturated carbocycles. The molecule has 2 aromatic heterocycles. The first-order valence-corrected chi connectivity index (χ1v) is 10.5. The second-order valence-electron chi connectivity index (χ2n) is 7.47. The number of carbonyl (C=O) groups excluding carboxylic acids is 3. The average Bonchev–Trinajstić information content (AvgIpc) is 2.86. The van der Waals surface area contributed by atoms with Crippen molar-refractivity contribution in [2.45, 2.75) is 6.92 Å². The number of hydrogen-bond donors (Lipinski definition) is 4. The summed E-state index contributed by atoms with van der Waals surface area (Å²) in [6, 6.07) is 21.0. The summed E-state index contributed by atoms with van der Waals surface area (Å²) in [5.41, 5.74) is 8.42. The predicted octanol–water partition coefficient (Wildman–Crippen LogP) is 3.19. The number of aryl methyl sites for hydroxylation is 1. The van der Waals surface area contributed by atoms with Crippen LogP contribution in [0.4, 0.5) is 10.5 Å². The van der Waals surface area contributed by atoms with Gasteiger partial charge in [0.1, 0.15) is 6.54 Å². The molecule has 0 radical (unpaired) electrons. The summed E-state index contributed by atoms with van der Waals surface area (Å²) in [4.78, 5) is 45.9. The van der Waals surface area contributed by atoms with Gasteiger partial charge in [0.25, 0.3) is 11.8 Å². The van der Waals surface area contributed by atoms with Crippen molar-refractivity contribution in [3.05, 3.63) is 90.1 Å². The Labute approximate surface area is 195 Å². The zero-order chi connectivity index (χ0) is 23.9. The van der Waals surface area contributed by atoms with Crippen molar-refractivity contribution in [3.63, 3.8) is 0 Å². The molecule has 0 unspecified atom stereocenters. The lowest BCUT2D eigenvalue weighted by Gasteiger charge is -2.12. The highest BCUT2D eigenvalue weighted by atomic mass is 16.2. The number of rotatable bonds is 5. The van der Waals surface area contributed by atoms with Crippen LogP contribution in [0.25, 0.3) is 22.3 Å². The molecule has 9 heteroatoms. The lowest BCUT2D eigenvalue weighted by Crippen LogP contribution is -2.47. The van der Waals surface area contributed by atoms with Gasteiger partial charge in [-0.2, -0.15) is 0 Å². The highest BCUT2D eigenvalue weighted by Gasteiger charge is 2.15. The number of nitrogens with one attached hydrogen (secondary N) is 4. The van der Waals surface area contributed by atoms with Crippen LogP contribution in [0.1, 0.15) is 15.9 Å². The summed E-state index contributed by atoms with van der Waals surface area (Å²) in [5.74, 6) is -1.11. The molecule has 9 nitrogen and oxygen atoms in total. The molecule has 0 aliphatic rings. The molecule has 0 fully saturated rings. The third kappa shape index (κ3) is 5.52. The molecule has 0 bridgehead atoms. The molecule has 2 aromatic carbocycles. The zero-order valence-electron chi connectivity index (χ0n) is 18.3. The number of nitrogens with zero attached hydrogens (tertiary/aromatic N) is 2. The summed E-state index contributed by atoms with van der Waals surface area (Å²) >= 11 is 0. The van der Waals surface area contributed by atoms with Crippen molar-refractivity contribution in [1.29, 1.82) is 0 Å². The number of fused-ring (bicyclic) bond motifs is 1. The van der Waals surface area contributed by atoms with Crippen LogP contribution in [0.2, 0.25) is 0 Å². The summed E-state index contributed by atoms with van der Waals surface area (Å²) in [6.07, 6.45) is 1.65. The summed E-state index contributed by atoms with van der Waals surface area (Å²) in [7, 11) is 0. The van der Waals surface area contributed by atoms with Gasteiger partial charge >= 0.3 is 6.03 Å². The SMILES string of the molecule is Cc1cccc(NC(=O)NCC(=O)NNC(=O)c2cc(-c3ccccn3)nc3ccccc23)c1. The van der Waals surface area contributed by atoms with Gasteiger partial charge in [-0.3, -0.25) is 25.4 Å². The van der Waals surface area contributed by atoms with Gasteiger partial charge in [-0.15, -0.1) is 0 Å². The molecule has 0 saturated heterocycles. The molecule has 4 N–H and O–H groups in total. The smallest absolute Gasteiger partial charge is 0.319 e. The van der Waals surface area contributed by atoms with E-state index in [9.17, 15) is 14.4 Å². The minimum Gasteiger partial charge on any atom is -0.329 e. The number of urea groups is 1. The van der Waals surface area contributed by atoms with Crippen molar-refractivity contribution < 1.29 is 14.4 Å². The number of hydrogen-bond acceptors (Lipinski definition) is 5. The second kappa shape index (κ2) is 10.2. The van der Waals surface area contributed by atoms with Gasteiger partial charge in [0.05, 0.1) is 22.5 Å². The van der Waals surface area contributed by atoms with Crippen molar-refractivity contribution in [1.82, 2.24) is 26.1 Å². The van der Waals surface area contributed by atoms with E-state index in [1.165, 1.54) is 0 Å². The van der Waals surface area contributed by atoms with E-state index in [2.05, 4.69) is 31.5 Å². The fourth-order valence-electron chi connectivity index (χ4n) is 3.31. The zero-order valence-corrected chi connectivity index (χ0v) is 18.3. The first kappa shape index (κ1) is 22.4. The number of anilines is 1. The van der Waals surface area contributed by atoms with Gasteiger partial charge in [-0.25, -0.2) is 9.78 Å². The first-order chi connectivity index (χ1) is 16.5. The summed E-state index contributed by atoms with van der Waals surface area (Å²) in [6.45, 7) is 1.58. The number of hydrazine groups is 1. The standard InChI is InChI=1S/C25H22N6O3/c1-16-7-6-8-17(13-16)28-25(34)27-15-23(32)30-31-24(33)19-14-22(21-11-4-5-12-26-21)29-20-10-3-2-9-18(19)20/h2-14H,15H2,1H3,(H,30,32)(H,31,33)(H2,27,28,34). The number of aromatic nitrogens is 2. The molecule has 0 spiro atoms. The van der Waals surface area contributed by atoms with Crippen LogP contribution in [0.3, 0.4) is 0 Å². The minimum absolute atomic E-state index is 0.325. The van der Waals surface area contributed by atoms with Crippen LogP contribution < -0.4 is 21.5 Å². The largest absolute Gasteiger partial charge is 0.329 e. The molecule has 0 atom stereocenters. The van der Waals surface area contributed by atoms with E-state index >= 15 is 0 Å². The van der Waals surface area contributed by atoms with Gasteiger partial charge in [0.15, 0.2) is 0 Å². The van der Waals surface area contributed by atoms with Crippen LogP contribution >= 0.6 is 0 Å². The van der Waals surface area contributed by atoms with Crippen LogP contribution in [0, 0.1) is 6.92 Å². The second-order valence-corrected chi connectivity index (χ2v) is 7.47. The van der Waals surface area contributed by atoms with Crippen LogP contribution in [0.5, 0.6) is 0 Å². The van der Waals surface area contributed by atoms with Gasteiger partial charge in [0.2, 0.25) is 0 Å². The van der Waals surface area contributed by atoms with Crippen LogP contribution in [0.15, 0.2) is 79.0 Å². The summed E-state index contributed by atoms with van der Waals surface area (Å²) < 4.78 is 0. The molecule has 4 amide bonds. The maximum absolute atomic E-state index is 12.9. The average molecular weight is 454 g/mol. The Kier molecular flexibility index (Phi) is 6.73. The Morgan fingerprint density at radius 3 is 2.47 bits per heavy atom. The molecule has 0 aliphatic carbocycles. The first-order valence-electron chi connectivity index (χ1n) is 10.5. The predicted molar refractivity (Wildman–Crippen MR) is 129 cm³/mol. The Hall–Kier alpha value is -4.79. The van der Waals surface area contributed by atoms with Crippen molar-refractivity contribution in [2.75, 3.05) is 11.9 Å². The molecule has 34 heavy (non-hydrogen) atoms. The van der Waals surface area contributed by atoms with Crippen LogP contribution in [-0.2, 0) is 4.79 Å². The van der Waals surface area contributed by atoms with E-state index in [1.807, 2.05) is 31.2 Å². The number of pyridine rings is 2. The Morgan fingerprint density at radius 1 is 0.853 bits per heavy atom. The number of carbonyl (C=O) groups is 3. The van der Waals surface area contributed by atoms with E-state index < -0.39 is 17.8 Å². The molecular formula is C25H22N6O3. The lowest BCUT2D eigenvalue weighted by atomic mass is 10.1. The molecule has 0 aliphatic heterocycles. The third-order valence-corrected chi connectivity index (χ3v) is 4.89. The van der Waals surface area contributed by atoms with E-state index in [1.54, 1.807) is 54.7 Å². The number of para-hydroxylation sites is 1. The van der Waals surface area contributed by atoms with Crippen molar-refractivity contribution in [2.24, 2.45) is 0 Å². The Balaban J connectivity index is 1.39.